The second-order valence-electron chi connectivity index (χ2n) is 6.56. The minimum atomic E-state index is -3.58. The van der Waals surface area contributed by atoms with Crippen LogP contribution in [0.5, 0.6) is 0 Å². The summed E-state index contributed by atoms with van der Waals surface area (Å²) in [5.41, 5.74) is -0.976. The molecule has 0 aromatic rings. The van der Waals surface area contributed by atoms with E-state index in [0.29, 0.717) is 0 Å². The fourth-order valence-electron chi connectivity index (χ4n) is 1.45. The highest BCUT2D eigenvalue weighted by molar-refractivity contribution is 7.93. The highest BCUT2D eigenvalue weighted by atomic mass is 32.2. The van der Waals surface area contributed by atoms with Crippen LogP contribution in [-0.2, 0) is 19.4 Å². The topological polar surface area (TPSA) is 101 Å². The maximum atomic E-state index is 12.0. The lowest BCUT2D eigenvalue weighted by molar-refractivity contribution is -0.139. The smallest absolute Gasteiger partial charge is 0.305 e. The Morgan fingerprint density at radius 3 is 1.90 bits per heavy atom. The van der Waals surface area contributed by atoms with Crippen LogP contribution in [0.4, 0.5) is 0 Å². The third kappa shape index (κ3) is 5.11. The van der Waals surface area contributed by atoms with Crippen molar-refractivity contribution >= 4 is 21.7 Å². The molecule has 6 nitrogen and oxygen atoms in total. The Balaban J connectivity index is 5.03. The standard InChI is InChI=1S/C13H25NO5S/c1-9(2)13(6,7-11(16)17)14-10(15)8-20(18,19)12(3,4)5/h9H,7-8H2,1-6H3,(H,14,15)(H,16,17). The van der Waals surface area contributed by atoms with Crippen molar-refractivity contribution in [3.8, 4) is 0 Å². The molecular weight excluding hydrogens is 282 g/mol. The molecule has 0 radical (unpaired) electrons. The summed E-state index contributed by atoms with van der Waals surface area (Å²) in [6, 6.07) is 0. The largest absolute Gasteiger partial charge is 0.481 e. The van der Waals surface area contributed by atoms with Crippen molar-refractivity contribution < 1.29 is 23.1 Å². The third-order valence-corrected chi connectivity index (χ3v) is 5.98. The van der Waals surface area contributed by atoms with E-state index in [9.17, 15) is 18.0 Å². The van der Waals surface area contributed by atoms with E-state index in [1.807, 2.05) is 0 Å². The SMILES string of the molecule is CC(C)C(C)(CC(=O)O)NC(=O)CS(=O)(=O)C(C)(C)C. The molecule has 0 saturated carbocycles. The van der Waals surface area contributed by atoms with Crippen LogP contribution < -0.4 is 5.32 Å². The van der Waals surface area contributed by atoms with Crippen LogP contribution in [0.1, 0.15) is 48.0 Å². The fourth-order valence-corrected chi connectivity index (χ4v) is 2.30. The second-order valence-corrected chi connectivity index (χ2v) is 9.31. The van der Waals surface area contributed by atoms with Gasteiger partial charge in [-0.05, 0) is 33.6 Å². The third-order valence-electron chi connectivity index (χ3n) is 3.47. The lowest BCUT2D eigenvalue weighted by Crippen LogP contribution is -2.53. The molecule has 2 N–H and O–H groups in total. The molecule has 0 rings (SSSR count). The number of sulfone groups is 1. The predicted octanol–water partition coefficient (Wildman–Crippen LogP) is 1.21. The molecule has 118 valence electrons. The number of hydrogen-bond donors (Lipinski definition) is 2. The van der Waals surface area contributed by atoms with Gasteiger partial charge in [0.2, 0.25) is 5.91 Å². The summed E-state index contributed by atoms with van der Waals surface area (Å²) in [4.78, 5) is 22.8. The van der Waals surface area contributed by atoms with E-state index in [1.165, 1.54) is 20.8 Å². The minimum Gasteiger partial charge on any atom is -0.481 e. The van der Waals surface area contributed by atoms with E-state index in [1.54, 1.807) is 20.8 Å². The normalized spacial score (nSPS) is 15.8. The molecule has 0 aromatic carbocycles. The number of amides is 1. The summed E-state index contributed by atoms with van der Waals surface area (Å²) in [6.07, 6.45) is -0.258. The van der Waals surface area contributed by atoms with Crippen molar-refractivity contribution in [3.63, 3.8) is 0 Å². The van der Waals surface area contributed by atoms with Crippen LogP contribution in [0, 0.1) is 5.92 Å². The van der Waals surface area contributed by atoms with Crippen LogP contribution in [0.25, 0.3) is 0 Å². The minimum absolute atomic E-state index is 0.139. The molecule has 1 unspecified atom stereocenters. The first-order valence-electron chi connectivity index (χ1n) is 6.46. The number of carbonyl (C=O) groups excluding carboxylic acids is 1. The molecule has 0 bridgehead atoms. The van der Waals surface area contributed by atoms with Gasteiger partial charge in [-0.25, -0.2) is 8.42 Å². The van der Waals surface area contributed by atoms with Gasteiger partial charge in [0.15, 0.2) is 9.84 Å². The summed E-state index contributed by atoms with van der Waals surface area (Å²) in [6.45, 7) is 9.73. The Morgan fingerprint density at radius 2 is 1.60 bits per heavy atom. The molecule has 7 heteroatoms. The van der Waals surface area contributed by atoms with Gasteiger partial charge in [-0.2, -0.15) is 0 Å². The first kappa shape index (κ1) is 18.9. The van der Waals surface area contributed by atoms with Crippen LogP contribution in [0.2, 0.25) is 0 Å². The molecule has 0 heterocycles. The number of carboxylic acids is 1. The van der Waals surface area contributed by atoms with Crippen molar-refractivity contribution in [2.75, 3.05) is 5.75 Å². The van der Waals surface area contributed by atoms with Gasteiger partial charge in [0.05, 0.1) is 11.2 Å². The summed E-state index contributed by atoms with van der Waals surface area (Å²) in [7, 11) is -3.58. The fraction of sp³-hybridized carbons (Fsp3) is 0.846. The zero-order valence-corrected chi connectivity index (χ0v) is 13.8. The van der Waals surface area contributed by atoms with Crippen molar-refractivity contribution in [1.29, 1.82) is 0 Å². The van der Waals surface area contributed by atoms with Gasteiger partial charge < -0.3 is 10.4 Å². The molecular formula is C13H25NO5S. The maximum Gasteiger partial charge on any atom is 0.305 e. The van der Waals surface area contributed by atoms with Crippen LogP contribution in [0.15, 0.2) is 0 Å². The number of rotatable bonds is 6. The number of nitrogens with one attached hydrogen (secondary N) is 1. The van der Waals surface area contributed by atoms with Gasteiger partial charge in [-0.1, -0.05) is 13.8 Å². The monoisotopic (exact) mass is 307 g/mol. The molecule has 0 aliphatic rings. The molecule has 0 fully saturated rings. The first-order valence-corrected chi connectivity index (χ1v) is 8.11. The Kier molecular flexibility index (Phi) is 5.78. The van der Waals surface area contributed by atoms with E-state index in [4.69, 9.17) is 5.11 Å². The van der Waals surface area contributed by atoms with Gasteiger partial charge in [0.25, 0.3) is 0 Å². The lowest BCUT2D eigenvalue weighted by atomic mass is 9.85. The first-order chi connectivity index (χ1) is 8.71. The van der Waals surface area contributed by atoms with Crippen molar-refractivity contribution in [3.05, 3.63) is 0 Å². The predicted molar refractivity (Wildman–Crippen MR) is 77.2 cm³/mol. The Labute approximate surface area is 120 Å². The van der Waals surface area contributed by atoms with Crippen LogP contribution in [0.3, 0.4) is 0 Å². The van der Waals surface area contributed by atoms with Crippen molar-refractivity contribution in [2.24, 2.45) is 5.92 Å². The van der Waals surface area contributed by atoms with Crippen molar-refractivity contribution in [2.45, 2.75) is 58.2 Å². The summed E-state index contributed by atoms with van der Waals surface area (Å²) in [5, 5.41) is 11.5. The Hall–Kier alpha value is -1.11. The Bertz CT molecular complexity index is 475. The van der Waals surface area contributed by atoms with Gasteiger partial charge >= 0.3 is 5.97 Å². The summed E-state index contributed by atoms with van der Waals surface area (Å²) < 4.78 is 22.9. The van der Waals surface area contributed by atoms with Gasteiger partial charge in [0.1, 0.15) is 5.75 Å². The number of carboxylic acid groups (broad SMARTS) is 1. The average Bonchev–Trinajstić information content (AvgIpc) is 2.11. The molecule has 0 aliphatic carbocycles. The molecule has 0 aliphatic heterocycles. The van der Waals surface area contributed by atoms with E-state index in [0.717, 1.165) is 0 Å². The molecule has 0 aromatic heterocycles. The van der Waals surface area contributed by atoms with Crippen molar-refractivity contribution in [1.82, 2.24) is 5.32 Å². The van der Waals surface area contributed by atoms with Crippen LogP contribution >= 0.6 is 0 Å². The molecule has 0 saturated heterocycles. The molecule has 0 spiro atoms. The second kappa shape index (κ2) is 6.11. The average molecular weight is 307 g/mol. The number of carbonyl (C=O) groups is 2. The molecule has 20 heavy (non-hydrogen) atoms. The van der Waals surface area contributed by atoms with Gasteiger partial charge in [0, 0.05) is 5.54 Å². The van der Waals surface area contributed by atoms with Gasteiger partial charge in [-0.3, -0.25) is 9.59 Å². The lowest BCUT2D eigenvalue weighted by Gasteiger charge is -2.33. The van der Waals surface area contributed by atoms with E-state index in [2.05, 4.69) is 5.32 Å². The van der Waals surface area contributed by atoms with E-state index >= 15 is 0 Å². The van der Waals surface area contributed by atoms with E-state index in [-0.39, 0.29) is 12.3 Å². The molecule has 1 amide bonds. The maximum absolute atomic E-state index is 12.0. The number of hydrogen-bond acceptors (Lipinski definition) is 4. The zero-order chi connectivity index (χ0) is 16.4. The summed E-state index contributed by atoms with van der Waals surface area (Å²) in [5.74, 6) is -2.49. The van der Waals surface area contributed by atoms with E-state index < -0.39 is 37.8 Å². The highest BCUT2D eigenvalue weighted by Crippen LogP contribution is 2.22. The van der Waals surface area contributed by atoms with Gasteiger partial charge in [-0.15, -0.1) is 0 Å². The zero-order valence-electron chi connectivity index (χ0n) is 13.0. The summed E-state index contributed by atoms with van der Waals surface area (Å²) >= 11 is 0. The highest BCUT2D eigenvalue weighted by Gasteiger charge is 2.36. The molecule has 1 atom stereocenters. The Morgan fingerprint density at radius 1 is 1.15 bits per heavy atom. The quantitative estimate of drug-likeness (QED) is 0.768. The van der Waals surface area contributed by atoms with Crippen LogP contribution in [-0.4, -0.2) is 41.4 Å². The number of aliphatic carboxylic acids is 1.